The Bertz CT molecular complexity index is 883. The monoisotopic (exact) mass is 379 g/mol. The van der Waals surface area contributed by atoms with Crippen LogP contribution in [0.5, 0.6) is 0 Å². The Labute approximate surface area is 163 Å². The molecule has 1 saturated heterocycles. The van der Waals surface area contributed by atoms with Crippen LogP contribution in [0.25, 0.3) is 0 Å². The molecule has 144 valence electrons. The first kappa shape index (κ1) is 19.2. The van der Waals surface area contributed by atoms with Crippen molar-refractivity contribution in [1.82, 2.24) is 14.8 Å². The second-order valence-electron chi connectivity index (χ2n) is 6.22. The molecule has 2 aromatic rings. The first-order valence-corrected chi connectivity index (χ1v) is 9.05. The van der Waals surface area contributed by atoms with Gasteiger partial charge in [0.25, 0.3) is 5.91 Å². The van der Waals surface area contributed by atoms with Crippen LogP contribution in [0.3, 0.4) is 0 Å². The van der Waals surface area contributed by atoms with Crippen LogP contribution in [0, 0.1) is 11.3 Å². The normalized spacial score (nSPS) is 13.6. The van der Waals surface area contributed by atoms with Gasteiger partial charge in [0.15, 0.2) is 0 Å². The van der Waals surface area contributed by atoms with Gasteiger partial charge in [-0.3, -0.25) is 9.78 Å². The topological polar surface area (TPSA) is 98.6 Å². The largest absolute Gasteiger partial charge is 0.450 e. The number of nitriles is 1. The van der Waals surface area contributed by atoms with Crippen molar-refractivity contribution in [3.8, 4) is 6.07 Å². The van der Waals surface area contributed by atoms with Crippen molar-refractivity contribution in [3.63, 3.8) is 0 Å². The minimum Gasteiger partial charge on any atom is -0.450 e. The number of hydrogen-bond acceptors (Lipinski definition) is 6. The number of carbonyl (C=O) groups is 2. The van der Waals surface area contributed by atoms with Crippen LogP contribution in [0.2, 0.25) is 0 Å². The lowest BCUT2D eigenvalue weighted by molar-refractivity contribution is 0.0566. The van der Waals surface area contributed by atoms with Gasteiger partial charge in [-0.25, -0.2) is 4.79 Å². The van der Waals surface area contributed by atoms with E-state index < -0.39 is 0 Å². The van der Waals surface area contributed by atoms with E-state index in [4.69, 9.17) is 10.00 Å². The predicted octanol–water partition coefficient (Wildman–Crippen LogP) is 2.61. The average Bonchev–Trinajstić information content (AvgIpc) is 2.74. The van der Waals surface area contributed by atoms with Gasteiger partial charge in [-0.1, -0.05) is 0 Å². The highest BCUT2D eigenvalue weighted by Gasteiger charge is 2.26. The fraction of sp³-hybridized carbons (Fsp3) is 0.300. The van der Waals surface area contributed by atoms with Gasteiger partial charge in [0.2, 0.25) is 0 Å². The molecule has 8 nitrogen and oxygen atoms in total. The van der Waals surface area contributed by atoms with E-state index in [2.05, 4.69) is 16.4 Å². The lowest BCUT2D eigenvalue weighted by atomic mass is 10.2. The number of amides is 2. The smallest absolute Gasteiger partial charge is 0.409 e. The molecular formula is C20H21N5O3. The fourth-order valence-electron chi connectivity index (χ4n) is 2.89. The SMILES string of the molecule is CCOC(=O)N1CCN(C(=O)c2cc(Nc3ccc(C#N)cc3)ccn2)CC1. The highest BCUT2D eigenvalue weighted by atomic mass is 16.6. The summed E-state index contributed by atoms with van der Waals surface area (Å²) in [5.41, 5.74) is 2.46. The van der Waals surface area contributed by atoms with Gasteiger partial charge in [0, 0.05) is 43.8 Å². The van der Waals surface area contributed by atoms with Crippen LogP contribution in [0.1, 0.15) is 23.0 Å². The maximum absolute atomic E-state index is 12.8. The van der Waals surface area contributed by atoms with Gasteiger partial charge in [0.1, 0.15) is 5.69 Å². The standard InChI is InChI=1S/C20H21N5O3/c1-2-28-20(27)25-11-9-24(10-12-25)19(26)18-13-17(7-8-22-18)23-16-5-3-15(14-21)4-6-16/h3-8,13H,2,9-12H2,1H3,(H,22,23). The number of pyridine rings is 1. The van der Waals surface area contributed by atoms with Crippen molar-refractivity contribution >= 4 is 23.4 Å². The molecule has 2 amide bonds. The first-order valence-electron chi connectivity index (χ1n) is 9.05. The van der Waals surface area contributed by atoms with Gasteiger partial charge < -0.3 is 19.9 Å². The molecule has 1 aromatic carbocycles. The molecule has 1 aromatic heterocycles. The molecule has 2 heterocycles. The van der Waals surface area contributed by atoms with Crippen LogP contribution in [-0.2, 0) is 4.74 Å². The Hall–Kier alpha value is -3.60. The zero-order valence-electron chi connectivity index (χ0n) is 15.6. The third kappa shape index (κ3) is 4.57. The molecule has 0 unspecified atom stereocenters. The molecular weight excluding hydrogens is 358 g/mol. The van der Waals surface area contributed by atoms with Crippen LogP contribution in [0.4, 0.5) is 16.2 Å². The van der Waals surface area contributed by atoms with Crippen LogP contribution < -0.4 is 5.32 Å². The number of anilines is 2. The molecule has 28 heavy (non-hydrogen) atoms. The highest BCUT2D eigenvalue weighted by molar-refractivity contribution is 5.93. The second kappa shape index (κ2) is 8.86. The van der Waals surface area contributed by atoms with E-state index in [0.29, 0.717) is 44.0 Å². The number of piperazine rings is 1. The Kier molecular flexibility index (Phi) is 6.07. The summed E-state index contributed by atoms with van der Waals surface area (Å²) in [6.45, 7) is 3.85. The van der Waals surface area contributed by atoms with Gasteiger partial charge in [-0.05, 0) is 43.3 Å². The molecule has 0 spiro atoms. The molecule has 1 aliphatic heterocycles. The summed E-state index contributed by atoms with van der Waals surface area (Å²) in [4.78, 5) is 32.0. The van der Waals surface area contributed by atoms with Gasteiger partial charge in [-0.2, -0.15) is 5.26 Å². The number of carbonyl (C=O) groups excluding carboxylic acids is 2. The molecule has 1 fully saturated rings. The van der Waals surface area contributed by atoms with Gasteiger partial charge >= 0.3 is 6.09 Å². The number of ether oxygens (including phenoxy) is 1. The average molecular weight is 379 g/mol. The number of aromatic nitrogens is 1. The van der Waals surface area contributed by atoms with E-state index >= 15 is 0 Å². The quantitative estimate of drug-likeness (QED) is 0.877. The Morgan fingerprint density at radius 2 is 1.79 bits per heavy atom. The van der Waals surface area contributed by atoms with E-state index in [0.717, 1.165) is 11.4 Å². The molecule has 3 rings (SSSR count). The molecule has 0 aliphatic carbocycles. The van der Waals surface area contributed by atoms with Crippen molar-refractivity contribution in [2.45, 2.75) is 6.92 Å². The molecule has 0 atom stereocenters. The Balaban J connectivity index is 1.62. The summed E-state index contributed by atoms with van der Waals surface area (Å²) < 4.78 is 4.99. The lowest BCUT2D eigenvalue weighted by Gasteiger charge is -2.33. The minimum atomic E-state index is -0.346. The van der Waals surface area contributed by atoms with Gasteiger partial charge in [-0.15, -0.1) is 0 Å². The fourth-order valence-corrected chi connectivity index (χ4v) is 2.89. The van der Waals surface area contributed by atoms with E-state index in [1.807, 2.05) is 0 Å². The third-order valence-corrected chi connectivity index (χ3v) is 4.37. The highest BCUT2D eigenvalue weighted by Crippen LogP contribution is 2.18. The summed E-state index contributed by atoms with van der Waals surface area (Å²) in [7, 11) is 0. The summed E-state index contributed by atoms with van der Waals surface area (Å²) in [5.74, 6) is -0.174. The summed E-state index contributed by atoms with van der Waals surface area (Å²) >= 11 is 0. The molecule has 8 heteroatoms. The van der Waals surface area contributed by atoms with Crippen LogP contribution in [-0.4, -0.2) is 59.6 Å². The second-order valence-corrected chi connectivity index (χ2v) is 6.22. The molecule has 0 saturated carbocycles. The van der Waals surface area contributed by atoms with E-state index in [9.17, 15) is 9.59 Å². The first-order chi connectivity index (χ1) is 13.6. The van der Waals surface area contributed by atoms with E-state index in [1.54, 1.807) is 59.3 Å². The van der Waals surface area contributed by atoms with Crippen molar-refractivity contribution in [1.29, 1.82) is 5.26 Å². The zero-order chi connectivity index (χ0) is 19.9. The van der Waals surface area contributed by atoms with Crippen molar-refractivity contribution < 1.29 is 14.3 Å². The van der Waals surface area contributed by atoms with Crippen molar-refractivity contribution in [2.24, 2.45) is 0 Å². The Morgan fingerprint density at radius 1 is 1.11 bits per heavy atom. The molecule has 1 aliphatic rings. The summed E-state index contributed by atoms with van der Waals surface area (Å²) in [6.07, 6.45) is 1.23. The zero-order valence-corrected chi connectivity index (χ0v) is 15.6. The maximum Gasteiger partial charge on any atom is 0.409 e. The van der Waals surface area contributed by atoms with Crippen LogP contribution >= 0.6 is 0 Å². The minimum absolute atomic E-state index is 0.174. The van der Waals surface area contributed by atoms with E-state index in [-0.39, 0.29) is 12.0 Å². The molecule has 1 N–H and O–H groups in total. The van der Waals surface area contributed by atoms with Gasteiger partial charge in [0.05, 0.1) is 18.2 Å². The lowest BCUT2D eigenvalue weighted by Crippen LogP contribution is -2.50. The van der Waals surface area contributed by atoms with Crippen LogP contribution in [0.15, 0.2) is 42.6 Å². The maximum atomic E-state index is 12.8. The number of nitrogens with zero attached hydrogens (tertiary/aromatic N) is 4. The molecule has 0 bridgehead atoms. The summed E-state index contributed by atoms with van der Waals surface area (Å²) in [5, 5.41) is 12.1. The number of nitrogens with one attached hydrogen (secondary N) is 1. The number of benzene rings is 1. The predicted molar refractivity (Wildman–Crippen MR) is 103 cm³/mol. The molecule has 0 radical (unpaired) electrons. The Morgan fingerprint density at radius 3 is 2.43 bits per heavy atom. The third-order valence-electron chi connectivity index (χ3n) is 4.37. The number of rotatable bonds is 4. The van der Waals surface area contributed by atoms with Crippen molar-refractivity contribution in [3.05, 3.63) is 53.9 Å². The summed E-state index contributed by atoms with van der Waals surface area (Å²) in [6, 6.07) is 12.6. The van der Waals surface area contributed by atoms with Crippen molar-refractivity contribution in [2.75, 3.05) is 38.1 Å². The number of hydrogen-bond donors (Lipinski definition) is 1. The van der Waals surface area contributed by atoms with E-state index in [1.165, 1.54) is 0 Å².